The van der Waals surface area contributed by atoms with Gasteiger partial charge in [-0.25, -0.2) is 4.98 Å². The highest BCUT2D eigenvalue weighted by molar-refractivity contribution is 9.10. The van der Waals surface area contributed by atoms with Gasteiger partial charge in [-0.1, -0.05) is 12.1 Å². The largest absolute Gasteiger partial charge is 0.477 e. The number of halogens is 1. The molecule has 2 aromatic rings. The Bertz CT molecular complexity index is 596. The molecule has 0 radical (unpaired) electrons. The summed E-state index contributed by atoms with van der Waals surface area (Å²) in [5.74, 6) is 1.28. The molecule has 1 saturated heterocycles. The number of oxazole rings is 1. The van der Waals surface area contributed by atoms with E-state index in [1.807, 2.05) is 31.2 Å². The summed E-state index contributed by atoms with van der Waals surface area (Å²) in [5, 5.41) is 3.31. The third-order valence-corrected chi connectivity index (χ3v) is 3.92. The summed E-state index contributed by atoms with van der Waals surface area (Å²) in [6.07, 6.45) is 1.11. The molecule has 0 bridgehead atoms. The number of ether oxygens (including phenoxy) is 2. The Morgan fingerprint density at radius 1 is 1.43 bits per heavy atom. The van der Waals surface area contributed by atoms with Crippen LogP contribution in [0.1, 0.15) is 17.7 Å². The van der Waals surface area contributed by atoms with Crippen molar-refractivity contribution in [2.75, 3.05) is 19.7 Å². The second kappa shape index (κ2) is 6.60. The molecular weight excluding hydrogens is 336 g/mol. The number of hydrogen-bond acceptors (Lipinski definition) is 5. The van der Waals surface area contributed by atoms with Gasteiger partial charge in [0.25, 0.3) is 0 Å². The number of nitrogens with one attached hydrogen (secondary N) is 1. The molecule has 1 N–H and O–H groups in total. The summed E-state index contributed by atoms with van der Waals surface area (Å²) >= 11 is 3.49. The van der Waals surface area contributed by atoms with Crippen LogP contribution in [0.2, 0.25) is 0 Å². The Morgan fingerprint density at radius 2 is 2.29 bits per heavy atom. The molecule has 21 heavy (non-hydrogen) atoms. The summed E-state index contributed by atoms with van der Waals surface area (Å²) < 4.78 is 18.4. The molecule has 2 heterocycles. The van der Waals surface area contributed by atoms with Gasteiger partial charge >= 0.3 is 0 Å². The van der Waals surface area contributed by atoms with E-state index in [0.717, 1.165) is 22.5 Å². The predicted molar refractivity (Wildman–Crippen MR) is 81.4 cm³/mol. The number of rotatable bonds is 4. The Morgan fingerprint density at radius 3 is 2.95 bits per heavy atom. The summed E-state index contributed by atoms with van der Waals surface area (Å²) in [6.45, 7) is 4.10. The van der Waals surface area contributed by atoms with Crippen molar-refractivity contribution in [1.29, 1.82) is 0 Å². The topological polar surface area (TPSA) is 56.5 Å². The first kappa shape index (κ1) is 14.6. The Labute approximate surface area is 131 Å². The van der Waals surface area contributed by atoms with Crippen LogP contribution >= 0.6 is 15.9 Å². The Hall–Kier alpha value is -1.37. The molecule has 2 atom stereocenters. The van der Waals surface area contributed by atoms with Crippen molar-refractivity contribution in [3.05, 3.63) is 46.6 Å². The predicted octanol–water partition coefficient (Wildman–Crippen LogP) is 2.85. The number of aromatic nitrogens is 1. The lowest BCUT2D eigenvalue weighted by Gasteiger charge is -2.29. The molecule has 5 nitrogen and oxygen atoms in total. The molecule has 6 heteroatoms. The lowest BCUT2D eigenvalue weighted by atomic mass is 10.1. The van der Waals surface area contributed by atoms with E-state index >= 15 is 0 Å². The quantitative estimate of drug-likeness (QED) is 0.916. The molecule has 112 valence electrons. The maximum absolute atomic E-state index is 6.12. The van der Waals surface area contributed by atoms with Crippen LogP contribution in [0.25, 0.3) is 0 Å². The van der Waals surface area contributed by atoms with Gasteiger partial charge in [-0.15, -0.1) is 0 Å². The molecule has 0 amide bonds. The molecule has 2 unspecified atom stereocenters. The van der Waals surface area contributed by atoms with Crippen LogP contribution in [0, 0.1) is 6.92 Å². The maximum atomic E-state index is 6.12. The number of hydrogen-bond donors (Lipinski definition) is 1. The van der Waals surface area contributed by atoms with Crippen molar-refractivity contribution < 1.29 is 13.9 Å². The molecule has 0 spiro atoms. The third kappa shape index (κ3) is 3.45. The Kier molecular flexibility index (Phi) is 4.57. The lowest BCUT2D eigenvalue weighted by Crippen LogP contribution is -2.43. The van der Waals surface area contributed by atoms with Crippen molar-refractivity contribution in [2.45, 2.75) is 19.1 Å². The van der Waals surface area contributed by atoms with E-state index in [1.54, 1.807) is 6.26 Å². The fourth-order valence-electron chi connectivity index (χ4n) is 2.25. The van der Waals surface area contributed by atoms with E-state index in [-0.39, 0.29) is 12.2 Å². The van der Waals surface area contributed by atoms with Crippen LogP contribution in [0.4, 0.5) is 0 Å². The first-order chi connectivity index (χ1) is 10.2. The van der Waals surface area contributed by atoms with Crippen molar-refractivity contribution in [3.8, 4) is 5.75 Å². The lowest BCUT2D eigenvalue weighted by molar-refractivity contribution is -0.0522. The summed E-state index contributed by atoms with van der Waals surface area (Å²) in [7, 11) is 0. The fourth-order valence-corrected chi connectivity index (χ4v) is 2.62. The van der Waals surface area contributed by atoms with Gasteiger partial charge in [0.05, 0.1) is 16.8 Å². The number of morpholine rings is 1. The number of aryl methyl sites for hydroxylation is 1. The van der Waals surface area contributed by atoms with Crippen LogP contribution < -0.4 is 10.1 Å². The first-order valence-electron chi connectivity index (χ1n) is 6.89. The number of nitrogens with zero attached hydrogens (tertiary/aromatic N) is 1. The van der Waals surface area contributed by atoms with Crippen molar-refractivity contribution >= 4 is 15.9 Å². The molecule has 1 aliphatic heterocycles. The molecular formula is C15H17BrN2O3. The van der Waals surface area contributed by atoms with E-state index in [1.165, 1.54) is 0 Å². The van der Waals surface area contributed by atoms with Crippen LogP contribution in [-0.2, 0) is 4.74 Å². The van der Waals surface area contributed by atoms with Gasteiger partial charge in [0.15, 0.2) is 0 Å². The molecule has 3 rings (SSSR count). The second-order valence-electron chi connectivity index (χ2n) is 4.91. The monoisotopic (exact) mass is 352 g/mol. The fraction of sp³-hybridized carbons (Fsp3) is 0.400. The minimum atomic E-state index is -0.384. The molecule has 1 aromatic carbocycles. The van der Waals surface area contributed by atoms with E-state index in [9.17, 15) is 0 Å². The van der Waals surface area contributed by atoms with Gasteiger partial charge in [0.2, 0.25) is 12.0 Å². The maximum Gasteiger partial charge on any atom is 0.238 e. The highest BCUT2D eigenvalue weighted by atomic mass is 79.9. The summed E-state index contributed by atoms with van der Waals surface area (Å²) in [4.78, 5) is 4.40. The van der Waals surface area contributed by atoms with Gasteiger partial charge in [-0.3, -0.25) is 0 Å². The van der Waals surface area contributed by atoms with E-state index in [2.05, 4.69) is 26.2 Å². The van der Waals surface area contributed by atoms with Crippen LogP contribution in [0.3, 0.4) is 0 Å². The van der Waals surface area contributed by atoms with Crippen molar-refractivity contribution in [3.63, 3.8) is 0 Å². The standard InChI is InChI=1S/C15H17BrN2O3/c1-10-9-20-15(18-10)14(13-8-17-6-7-19-13)21-12-5-3-2-4-11(12)16/h2-5,9,13-14,17H,6-8H2,1H3. The van der Waals surface area contributed by atoms with Crippen LogP contribution in [0.5, 0.6) is 5.75 Å². The van der Waals surface area contributed by atoms with Gasteiger partial charge in [-0.2, -0.15) is 0 Å². The molecule has 1 fully saturated rings. The van der Waals surface area contributed by atoms with Crippen LogP contribution in [0.15, 0.2) is 39.4 Å². The minimum absolute atomic E-state index is 0.135. The van der Waals surface area contributed by atoms with Gasteiger partial charge < -0.3 is 19.2 Å². The summed E-state index contributed by atoms with van der Waals surface area (Å²) in [6, 6.07) is 7.72. The highest BCUT2D eigenvalue weighted by Gasteiger charge is 2.32. The molecule has 0 saturated carbocycles. The first-order valence-corrected chi connectivity index (χ1v) is 7.69. The smallest absolute Gasteiger partial charge is 0.238 e. The van der Waals surface area contributed by atoms with Gasteiger partial charge in [-0.05, 0) is 35.0 Å². The van der Waals surface area contributed by atoms with Crippen molar-refractivity contribution in [2.24, 2.45) is 0 Å². The zero-order valence-corrected chi connectivity index (χ0v) is 13.3. The average molecular weight is 353 g/mol. The average Bonchev–Trinajstić information content (AvgIpc) is 2.93. The van der Waals surface area contributed by atoms with Gasteiger partial charge in [0, 0.05) is 13.1 Å². The minimum Gasteiger partial charge on any atom is -0.477 e. The van der Waals surface area contributed by atoms with E-state index in [4.69, 9.17) is 13.9 Å². The zero-order chi connectivity index (χ0) is 14.7. The SMILES string of the molecule is Cc1coc(C(Oc2ccccc2Br)C2CNCCO2)n1. The van der Waals surface area contributed by atoms with Crippen molar-refractivity contribution in [1.82, 2.24) is 10.3 Å². The zero-order valence-electron chi connectivity index (χ0n) is 11.7. The number of benzene rings is 1. The normalized spacial score (nSPS) is 20.2. The van der Waals surface area contributed by atoms with E-state index < -0.39 is 0 Å². The third-order valence-electron chi connectivity index (χ3n) is 3.26. The second-order valence-corrected chi connectivity index (χ2v) is 5.76. The summed E-state index contributed by atoms with van der Waals surface area (Å²) in [5.41, 5.74) is 0.828. The highest BCUT2D eigenvalue weighted by Crippen LogP contribution is 2.31. The van der Waals surface area contributed by atoms with Gasteiger partial charge in [0.1, 0.15) is 18.1 Å². The number of para-hydroxylation sites is 1. The Balaban J connectivity index is 1.86. The molecule has 0 aliphatic carbocycles. The molecule has 1 aliphatic rings. The van der Waals surface area contributed by atoms with Crippen LogP contribution in [-0.4, -0.2) is 30.8 Å². The molecule has 1 aromatic heterocycles. The van der Waals surface area contributed by atoms with E-state index in [0.29, 0.717) is 19.0 Å².